The van der Waals surface area contributed by atoms with E-state index < -0.39 is 34.6 Å². The van der Waals surface area contributed by atoms with Gasteiger partial charge in [0, 0.05) is 22.3 Å². The number of rotatable bonds is 10. The highest BCUT2D eigenvalue weighted by Crippen LogP contribution is 2.68. The monoisotopic (exact) mass is 640 g/mol. The Labute approximate surface area is 254 Å². The predicted molar refractivity (Wildman–Crippen MR) is 165 cm³/mol. The van der Waals surface area contributed by atoms with Gasteiger partial charge in [0.05, 0.1) is 35.8 Å². The van der Waals surface area contributed by atoms with Crippen LogP contribution in [0.1, 0.15) is 30.0 Å². The van der Waals surface area contributed by atoms with E-state index in [4.69, 9.17) is 4.74 Å². The van der Waals surface area contributed by atoms with Crippen molar-refractivity contribution >= 4 is 51.2 Å². The Hall–Kier alpha value is -2.62. The molecule has 41 heavy (non-hydrogen) atoms. The fourth-order valence-electron chi connectivity index (χ4n) is 6.98. The molecule has 2 bridgehead atoms. The van der Waals surface area contributed by atoms with Crippen LogP contribution in [-0.4, -0.2) is 74.5 Å². The number of esters is 1. The predicted octanol–water partition coefficient (Wildman–Crippen LogP) is 4.45. The first-order valence-electron chi connectivity index (χ1n) is 14.1. The van der Waals surface area contributed by atoms with E-state index in [1.54, 1.807) is 34.6 Å². The molecule has 7 nitrogen and oxygen atoms in total. The fourth-order valence-corrected chi connectivity index (χ4v) is 10.6. The SMILES string of the molecule is C=CCN(C(=O)C1N([C@@H](CO)Cc2ccccc2)C(=O)[C@@H]2[C@H](C(=O)OCC)[C@H]3SC12CC3Br)c1cc(C)ccc1C. The van der Waals surface area contributed by atoms with Crippen molar-refractivity contribution in [2.75, 3.05) is 24.7 Å². The van der Waals surface area contributed by atoms with E-state index in [9.17, 15) is 19.5 Å². The summed E-state index contributed by atoms with van der Waals surface area (Å²) in [5.74, 6) is -2.27. The molecule has 3 unspecified atom stereocenters. The topological polar surface area (TPSA) is 87.2 Å². The summed E-state index contributed by atoms with van der Waals surface area (Å²) in [6, 6.07) is 14.1. The van der Waals surface area contributed by atoms with Crippen LogP contribution in [0.3, 0.4) is 0 Å². The van der Waals surface area contributed by atoms with E-state index in [2.05, 4.69) is 22.5 Å². The summed E-state index contributed by atoms with van der Waals surface area (Å²) in [6.07, 6.45) is 2.63. The van der Waals surface area contributed by atoms with Crippen LogP contribution < -0.4 is 4.90 Å². The number of amides is 2. The summed E-state index contributed by atoms with van der Waals surface area (Å²) in [6.45, 7) is 9.79. The van der Waals surface area contributed by atoms with E-state index in [0.717, 1.165) is 22.4 Å². The number of hydrogen-bond acceptors (Lipinski definition) is 6. The Bertz CT molecular complexity index is 1340. The van der Waals surface area contributed by atoms with Gasteiger partial charge in [-0.05, 0) is 56.4 Å². The summed E-state index contributed by atoms with van der Waals surface area (Å²) in [5.41, 5.74) is 3.67. The van der Waals surface area contributed by atoms with Crippen LogP contribution in [0.4, 0.5) is 5.69 Å². The van der Waals surface area contributed by atoms with Crippen LogP contribution in [0.2, 0.25) is 0 Å². The van der Waals surface area contributed by atoms with Crippen LogP contribution in [0.15, 0.2) is 61.2 Å². The van der Waals surface area contributed by atoms with Gasteiger partial charge in [0.15, 0.2) is 0 Å². The molecule has 0 saturated carbocycles. The number of aliphatic hydroxyl groups is 1. The number of carbonyl (C=O) groups excluding carboxylic acids is 3. The Morgan fingerprint density at radius 3 is 2.66 bits per heavy atom. The number of aryl methyl sites for hydroxylation is 2. The Morgan fingerprint density at radius 2 is 2.00 bits per heavy atom. The second-order valence-electron chi connectivity index (χ2n) is 11.2. The molecule has 3 fully saturated rings. The Balaban J connectivity index is 1.65. The number of benzene rings is 2. The van der Waals surface area contributed by atoms with Gasteiger partial charge in [-0.1, -0.05) is 64.5 Å². The van der Waals surface area contributed by atoms with E-state index in [-0.39, 0.29) is 41.6 Å². The highest BCUT2D eigenvalue weighted by Gasteiger charge is 2.76. The summed E-state index contributed by atoms with van der Waals surface area (Å²) < 4.78 is 4.63. The Morgan fingerprint density at radius 1 is 1.27 bits per heavy atom. The Kier molecular flexibility index (Phi) is 8.69. The van der Waals surface area contributed by atoms with E-state index in [1.165, 1.54) is 0 Å². The molecule has 5 rings (SSSR count). The molecular weight excluding hydrogens is 604 g/mol. The average Bonchev–Trinajstić information content (AvgIpc) is 3.55. The second-order valence-corrected chi connectivity index (χ2v) is 13.9. The van der Waals surface area contributed by atoms with Crippen LogP contribution in [-0.2, 0) is 25.5 Å². The van der Waals surface area contributed by atoms with Gasteiger partial charge in [-0.25, -0.2) is 0 Å². The number of nitrogens with zero attached hydrogens (tertiary/aromatic N) is 2. The van der Waals surface area contributed by atoms with Crippen LogP contribution in [0, 0.1) is 25.7 Å². The molecule has 3 heterocycles. The minimum atomic E-state index is -0.879. The van der Waals surface area contributed by atoms with Crippen molar-refractivity contribution in [1.29, 1.82) is 0 Å². The number of ether oxygens (including phenoxy) is 1. The molecule has 3 aliphatic heterocycles. The lowest BCUT2D eigenvalue weighted by atomic mass is 9.71. The molecule has 1 N–H and O–H groups in total. The largest absolute Gasteiger partial charge is 0.466 e. The molecule has 3 saturated heterocycles. The molecule has 1 spiro atoms. The normalized spacial score (nSPS) is 28.9. The van der Waals surface area contributed by atoms with Gasteiger partial charge in [0.1, 0.15) is 6.04 Å². The third kappa shape index (κ3) is 5.04. The number of alkyl halides is 1. The van der Waals surface area contributed by atoms with Crippen molar-refractivity contribution in [1.82, 2.24) is 4.90 Å². The number of fused-ring (bicyclic) bond motifs is 1. The molecule has 218 valence electrons. The number of halogens is 1. The van der Waals surface area contributed by atoms with Crippen molar-refractivity contribution in [2.24, 2.45) is 11.8 Å². The average molecular weight is 642 g/mol. The van der Waals surface area contributed by atoms with Crippen molar-refractivity contribution < 1.29 is 24.2 Å². The molecule has 0 aromatic heterocycles. The lowest BCUT2D eigenvalue weighted by Crippen LogP contribution is -2.58. The molecule has 0 radical (unpaired) electrons. The first kappa shape index (κ1) is 29.9. The van der Waals surface area contributed by atoms with Gasteiger partial charge in [0.25, 0.3) is 5.91 Å². The first-order valence-corrected chi connectivity index (χ1v) is 15.9. The summed E-state index contributed by atoms with van der Waals surface area (Å²) in [7, 11) is 0. The first-order chi connectivity index (χ1) is 19.7. The fraction of sp³-hybridized carbons (Fsp3) is 0.469. The number of hydrogen-bond donors (Lipinski definition) is 1. The van der Waals surface area contributed by atoms with Crippen molar-refractivity contribution in [3.8, 4) is 0 Å². The number of likely N-dealkylation sites (tertiary alicyclic amines) is 1. The lowest BCUT2D eigenvalue weighted by Gasteiger charge is -2.40. The van der Waals surface area contributed by atoms with Gasteiger partial charge in [-0.15, -0.1) is 18.3 Å². The maximum atomic E-state index is 14.9. The quantitative estimate of drug-likeness (QED) is 0.235. The third-order valence-electron chi connectivity index (χ3n) is 8.67. The zero-order valence-electron chi connectivity index (χ0n) is 23.7. The number of anilines is 1. The minimum Gasteiger partial charge on any atom is -0.466 e. The second kappa shape index (κ2) is 11.9. The molecule has 2 aromatic rings. The molecule has 2 aromatic carbocycles. The van der Waals surface area contributed by atoms with Gasteiger partial charge in [-0.2, -0.15) is 0 Å². The molecule has 9 heteroatoms. The van der Waals surface area contributed by atoms with E-state index in [1.807, 2.05) is 62.4 Å². The van der Waals surface area contributed by atoms with E-state index in [0.29, 0.717) is 12.8 Å². The lowest BCUT2D eigenvalue weighted by molar-refractivity contribution is -0.154. The number of aliphatic hydroxyl groups excluding tert-OH is 1. The van der Waals surface area contributed by atoms with Gasteiger partial charge >= 0.3 is 5.97 Å². The maximum Gasteiger partial charge on any atom is 0.310 e. The number of thioether (sulfide) groups is 1. The molecular formula is C32H37BrN2O5S. The summed E-state index contributed by atoms with van der Waals surface area (Å²) in [4.78, 5) is 46.0. The van der Waals surface area contributed by atoms with E-state index >= 15 is 0 Å². The van der Waals surface area contributed by atoms with Crippen molar-refractivity contribution in [3.63, 3.8) is 0 Å². The smallest absolute Gasteiger partial charge is 0.310 e. The van der Waals surface area contributed by atoms with Crippen molar-refractivity contribution in [2.45, 2.75) is 60.5 Å². The van der Waals surface area contributed by atoms with Crippen LogP contribution >= 0.6 is 27.7 Å². The zero-order chi connectivity index (χ0) is 29.5. The molecule has 3 aliphatic rings. The van der Waals surface area contributed by atoms with Gasteiger partial charge < -0.3 is 19.6 Å². The molecule has 0 aliphatic carbocycles. The standard InChI is InChI=1S/C32H37BrN2O5S/c1-5-14-34(24-15-19(3)12-13-20(24)4)30(38)28-32-17-23(33)27(41-32)25(31(39)40-6-2)26(32)29(37)35(28)22(18-36)16-21-10-8-7-9-11-21/h5,7-13,15,22-23,25-28,36H,1,6,14,16-18H2,2-4H3/t22-,23?,25+,26+,27+,28?,32?/m1/s1. The maximum absolute atomic E-state index is 14.9. The number of carbonyl (C=O) groups is 3. The van der Waals surface area contributed by atoms with Crippen LogP contribution in [0.5, 0.6) is 0 Å². The van der Waals surface area contributed by atoms with Gasteiger partial charge in [-0.3, -0.25) is 14.4 Å². The third-order valence-corrected chi connectivity index (χ3v) is 11.9. The highest BCUT2D eigenvalue weighted by atomic mass is 79.9. The zero-order valence-corrected chi connectivity index (χ0v) is 26.1. The van der Waals surface area contributed by atoms with Crippen LogP contribution in [0.25, 0.3) is 0 Å². The summed E-state index contributed by atoms with van der Waals surface area (Å²) in [5, 5.41) is 10.5. The molecule has 7 atom stereocenters. The summed E-state index contributed by atoms with van der Waals surface area (Å²) >= 11 is 5.37. The molecule has 2 amide bonds. The van der Waals surface area contributed by atoms with Gasteiger partial charge in [0.2, 0.25) is 5.91 Å². The minimum absolute atomic E-state index is 0.0588. The highest BCUT2D eigenvalue weighted by molar-refractivity contribution is 9.09. The van der Waals surface area contributed by atoms with Crippen molar-refractivity contribution in [3.05, 3.63) is 77.9 Å².